The number of rotatable bonds is 4. The monoisotopic (exact) mass is 338 g/mol. The van der Waals surface area contributed by atoms with Gasteiger partial charge in [0, 0.05) is 18.2 Å². The Bertz CT molecular complexity index is 886. The number of aryl methyl sites for hydroxylation is 1. The fourth-order valence-electron chi connectivity index (χ4n) is 3.54. The van der Waals surface area contributed by atoms with E-state index in [4.69, 9.17) is 0 Å². The summed E-state index contributed by atoms with van der Waals surface area (Å²) in [7, 11) is 0. The highest BCUT2D eigenvalue weighted by Crippen LogP contribution is 2.27. The van der Waals surface area contributed by atoms with Gasteiger partial charge in [0.25, 0.3) is 0 Å². The molecule has 0 aliphatic carbocycles. The Kier molecular flexibility index (Phi) is 4.23. The van der Waals surface area contributed by atoms with Crippen LogP contribution >= 0.6 is 0 Å². The lowest BCUT2D eigenvalue weighted by atomic mass is 9.95. The second-order valence-corrected chi connectivity index (χ2v) is 6.65. The van der Waals surface area contributed by atoms with Gasteiger partial charge in [0.1, 0.15) is 5.82 Å². The van der Waals surface area contributed by atoms with Crippen LogP contribution in [-0.2, 0) is 6.54 Å². The van der Waals surface area contributed by atoms with Crippen LogP contribution in [0.1, 0.15) is 36.0 Å². The van der Waals surface area contributed by atoms with Crippen LogP contribution in [0.3, 0.4) is 0 Å². The molecular weight excluding hydrogens is 316 g/mol. The number of para-hydroxylation sites is 1. The van der Waals surface area contributed by atoms with Gasteiger partial charge in [-0.05, 0) is 51.1 Å². The van der Waals surface area contributed by atoms with Gasteiger partial charge in [0.2, 0.25) is 0 Å². The second kappa shape index (κ2) is 6.68. The number of H-pyrrole nitrogens is 2. The standard InChI is InChI=1S/C18H22N6O/c1-13-11-15(20-19-13)12-23-9-7-14(8-10-23)17-21-22-18(25)24(17)16-5-3-2-4-6-16/h2-6,11,14H,7-10,12H2,1H3,(H,19,20)(H,22,25). The summed E-state index contributed by atoms with van der Waals surface area (Å²) in [6.45, 7) is 4.84. The highest BCUT2D eigenvalue weighted by molar-refractivity contribution is 5.32. The average Bonchev–Trinajstić information content (AvgIpc) is 3.22. The van der Waals surface area contributed by atoms with E-state index >= 15 is 0 Å². The van der Waals surface area contributed by atoms with Gasteiger partial charge in [0.05, 0.1) is 11.4 Å². The van der Waals surface area contributed by atoms with Crippen LogP contribution < -0.4 is 5.69 Å². The van der Waals surface area contributed by atoms with E-state index in [1.807, 2.05) is 37.3 Å². The number of hydrogen-bond donors (Lipinski definition) is 2. The molecular formula is C18H22N6O. The molecule has 3 aromatic rings. The SMILES string of the molecule is Cc1cc(CN2CCC(c3n[nH]c(=O)n3-c3ccccc3)CC2)n[nH]1. The van der Waals surface area contributed by atoms with Crippen LogP contribution in [0, 0.1) is 6.92 Å². The van der Waals surface area contributed by atoms with Crippen molar-refractivity contribution in [2.75, 3.05) is 13.1 Å². The van der Waals surface area contributed by atoms with Crippen molar-refractivity contribution in [2.24, 2.45) is 0 Å². The third kappa shape index (κ3) is 3.28. The zero-order chi connectivity index (χ0) is 17.2. The smallest absolute Gasteiger partial charge is 0.297 e. The van der Waals surface area contributed by atoms with E-state index < -0.39 is 0 Å². The van der Waals surface area contributed by atoms with Crippen molar-refractivity contribution in [2.45, 2.75) is 32.2 Å². The van der Waals surface area contributed by atoms with Gasteiger partial charge in [-0.1, -0.05) is 18.2 Å². The Labute approximate surface area is 145 Å². The van der Waals surface area contributed by atoms with Gasteiger partial charge in [-0.25, -0.2) is 14.5 Å². The van der Waals surface area contributed by atoms with E-state index in [0.29, 0.717) is 0 Å². The number of likely N-dealkylation sites (tertiary alicyclic amines) is 1. The molecule has 1 aliphatic heterocycles. The molecule has 0 atom stereocenters. The molecule has 1 saturated heterocycles. The Morgan fingerprint density at radius 1 is 1.12 bits per heavy atom. The summed E-state index contributed by atoms with van der Waals surface area (Å²) in [5.74, 6) is 1.13. The molecule has 1 aliphatic rings. The lowest BCUT2D eigenvalue weighted by molar-refractivity contribution is 0.199. The van der Waals surface area contributed by atoms with Crippen molar-refractivity contribution in [1.29, 1.82) is 0 Å². The molecule has 2 aromatic heterocycles. The van der Waals surface area contributed by atoms with E-state index in [9.17, 15) is 4.79 Å². The molecule has 0 amide bonds. The molecule has 0 unspecified atom stereocenters. The quantitative estimate of drug-likeness (QED) is 0.762. The molecule has 0 saturated carbocycles. The zero-order valence-electron chi connectivity index (χ0n) is 14.3. The van der Waals surface area contributed by atoms with Crippen molar-refractivity contribution in [3.8, 4) is 5.69 Å². The van der Waals surface area contributed by atoms with E-state index in [-0.39, 0.29) is 11.6 Å². The van der Waals surface area contributed by atoms with E-state index in [2.05, 4.69) is 31.4 Å². The van der Waals surface area contributed by atoms with Crippen LogP contribution in [0.2, 0.25) is 0 Å². The molecule has 1 aromatic carbocycles. The summed E-state index contributed by atoms with van der Waals surface area (Å²) >= 11 is 0. The molecule has 0 radical (unpaired) electrons. The average molecular weight is 338 g/mol. The number of nitrogens with zero attached hydrogens (tertiary/aromatic N) is 4. The molecule has 1 fully saturated rings. The summed E-state index contributed by atoms with van der Waals surface area (Å²) in [5.41, 5.74) is 2.87. The number of hydrogen-bond acceptors (Lipinski definition) is 4. The summed E-state index contributed by atoms with van der Waals surface area (Å²) in [5, 5.41) is 14.2. The molecule has 3 heterocycles. The third-order valence-corrected chi connectivity index (χ3v) is 4.81. The summed E-state index contributed by atoms with van der Waals surface area (Å²) in [4.78, 5) is 14.6. The van der Waals surface area contributed by atoms with Crippen molar-refractivity contribution in [1.82, 2.24) is 29.9 Å². The van der Waals surface area contributed by atoms with Crippen molar-refractivity contribution in [3.63, 3.8) is 0 Å². The molecule has 4 rings (SSSR count). The number of nitrogens with one attached hydrogen (secondary N) is 2. The normalized spacial score (nSPS) is 16.4. The first kappa shape index (κ1) is 15.8. The predicted octanol–water partition coefficient (Wildman–Crippen LogP) is 1.97. The summed E-state index contributed by atoms with van der Waals surface area (Å²) in [6.07, 6.45) is 1.97. The molecule has 7 nitrogen and oxygen atoms in total. The van der Waals surface area contributed by atoms with Crippen molar-refractivity contribution < 1.29 is 0 Å². The van der Waals surface area contributed by atoms with Crippen LogP contribution in [-0.4, -0.2) is 43.0 Å². The van der Waals surface area contributed by atoms with Gasteiger partial charge in [-0.2, -0.15) is 10.2 Å². The van der Waals surface area contributed by atoms with Gasteiger partial charge in [0.15, 0.2) is 0 Å². The molecule has 25 heavy (non-hydrogen) atoms. The highest BCUT2D eigenvalue weighted by Gasteiger charge is 2.26. The zero-order valence-corrected chi connectivity index (χ0v) is 14.3. The van der Waals surface area contributed by atoms with Crippen LogP contribution in [0.25, 0.3) is 5.69 Å². The molecule has 2 N–H and O–H groups in total. The molecule has 130 valence electrons. The van der Waals surface area contributed by atoms with Crippen LogP contribution in [0.4, 0.5) is 0 Å². The lowest BCUT2D eigenvalue weighted by Gasteiger charge is -2.30. The second-order valence-electron chi connectivity index (χ2n) is 6.65. The Balaban J connectivity index is 1.47. The first-order chi connectivity index (χ1) is 12.2. The predicted molar refractivity (Wildman–Crippen MR) is 94.8 cm³/mol. The number of piperidine rings is 1. The molecule has 0 spiro atoms. The largest absolute Gasteiger partial charge is 0.347 e. The van der Waals surface area contributed by atoms with E-state index in [0.717, 1.165) is 55.4 Å². The third-order valence-electron chi connectivity index (χ3n) is 4.81. The highest BCUT2D eigenvalue weighted by atomic mass is 16.1. The van der Waals surface area contributed by atoms with Gasteiger partial charge in [-0.3, -0.25) is 10.00 Å². The summed E-state index contributed by atoms with van der Waals surface area (Å²) < 4.78 is 1.71. The van der Waals surface area contributed by atoms with Gasteiger partial charge in [-0.15, -0.1) is 0 Å². The first-order valence-electron chi connectivity index (χ1n) is 8.66. The fraction of sp³-hybridized carbons (Fsp3) is 0.389. The van der Waals surface area contributed by atoms with Gasteiger partial charge < -0.3 is 0 Å². The maximum atomic E-state index is 12.2. The molecule has 0 bridgehead atoms. The van der Waals surface area contributed by atoms with Crippen LogP contribution in [0.5, 0.6) is 0 Å². The minimum atomic E-state index is -0.171. The van der Waals surface area contributed by atoms with Crippen LogP contribution in [0.15, 0.2) is 41.2 Å². The van der Waals surface area contributed by atoms with Crippen molar-refractivity contribution in [3.05, 3.63) is 64.1 Å². The topological polar surface area (TPSA) is 82.6 Å². The Morgan fingerprint density at radius 3 is 2.56 bits per heavy atom. The number of aromatic nitrogens is 5. The maximum absolute atomic E-state index is 12.2. The number of aromatic amines is 2. The minimum absolute atomic E-state index is 0.171. The first-order valence-corrected chi connectivity index (χ1v) is 8.66. The minimum Gasteiger partial charge on any atom is -0.297 e. The number of benzene rings is 1. The summed E-state index contributed by atoms with van der Waals surface area (Å²) in [6, 6.07) is 11.8. The molecule has 7 heteroatoms. The van der Waals surface area contributed by atoms with E-state index in [1.54, 1.807) is 4.57 Å². The fourth-order valence-corrected chi connectivity index (χ4v) is 3.54. The maximum Gasteiger partial charge on any atom is 0.347 e. The Hall–Kier alpha value is -2.67. The van der Waals surface area contributed by atoms with E-state index in [1.165, 1.54) is 0 Å². The van der Waals surface area contributed by atoms with Gasteiger partial charge >= 0.3 is 5.69 Å². The Morgan fingerprint density at radius 2 is 1.88 bits per heavy atom. The lowest BCUT2D eigenvalue weighted by Crippen LogP contribution is -2.33. The van der Waals surface area contributed by atoms with Crippen molar-refractivity contribution >= 4 is 0 Å².